The minimum atomic E-state index is -0.151. The maximum absolute atomic E-state index is 10.4. The van der Waals surface area contributed by atoms with Crippen LogP contribution in [0.25, 0.3) is 11.3 Å². The Bertz CT molecular complexity index is 686. The summed E-state index contributed by atoms with van der Waals surface area (Å²) in [5, 5.41) is 10.4. The number of benzene rings is 1. The van der Waals surface area contributed by atoms with E-state index in [1.165, 1.54) is 36.1 Å². The summed E-state index contributed by atoms with van der Waals surface area (Å²) < 4.78 is 2.29. The van der Waals surface area contributed by atoms with E-state index in [9.17, 15) is 5.11 Å². The summed E-state index contributed by atoms with van der Waals surface area (Å²) in [5.74, 6) is 0.368. The number of imidazole rings is 1. The highest BCUT2D eigenvalue weighted by molar-refractivity contribution is 5.69. The second-order valence-electron chi connectivity index (χ2n) is 6.73. The Morgan fingerprint density at radius 1 is 1.25 bits per heavy atom. The molecule has 3 heteroatoms. The number of nitrogens with zero attached hydrogens (tertiary/aromatic N) is 2. The molecule has 20 heavy (non-hydrogen) atoms. The summed E-state index contributed by atoms with van der Waals surface area (Å²) in [7, 11) is 0. The lowest BCUT2D eigenvalue weighted by atomic mass is 9.46. The predicted molar refractivity (Wildman–Crippen MR) is 76.2 cm³/mol. The SMILES string of the molecule is O[C@H]1CC2(CCC2)[C@H]1C1c2ccccc2-c2cncn21. The molecule has 1 unspecified atom stereocenters. The Hall–Kier alpha value is -1.61. The van der Waals surface area contributed by atoms with Gasteiger partial charge in [0.25, 0.3) is 0 Å². The first kappa shape index (κ1) is 11.1. The molecular weight excluding hydrogens is 248 g/mol. The third-order valence-electron chi connectivity index (χ3n) is 5.95. The number of aliphatic hydroxyl groups is 1. The molecule has 2 fully saturated rings. The largest absolute Gasteiger partial charge is 0.393 e. The molecular formula is C17H18N2O. The molecule has 1 aromatic carbocycles. The standard InChI is InChI=1S/C17H18N2O/c20-14-8-17(6-3-7-17)15(14)16-12-5-2-1-4-11(12)13-9-18-10-19(13)16/h1-2,4-5,9-10,14-16,20H,3,6-8H2/t14-,15+,16?/m0/s1. The Morgan fingerprint density at radius 3 is 2.85 bits per heavy atom. The summed E-state index contributed by atoms with van der Waals surface area (Å²) in [4.78, 5) is 4.33. The maximum Gasteiger partial charge on any atom is 0.0956 e. The van der Waals surface area contributed by atoms with Crippen molar-refractivity contribution in [3.63, 3.8) is 0 Å². The van der Waals surface area contributed by atoms with Crippen LogP contribution < -0.4 is 0 Å². The zero-order valence-electron chi connectivity index (χ0n) is 11.4. The average Bonchev–Trinajstić information content (AvgIpc) is 2.97. The van der Waals surface area contributed by atoms with Gasteiger partial charge in [-0.2, -0.15) is 0 Å². The van der Waals surface area contributed by atoms with Gasteiger partial charge in [-0.25, -0.2) is 4.98 Å². The van der Waals surface area contributed by atoms with E-state index >= 15 is 0 Å². The molecule has 0 saturated heterocycles. The zero-order valence-corrected chi connectivity index (χ0v) is 11.4. The van der Waals surface area contributed by atoms with Gasteiger partial charge in [0.2, 0.25) is 0 Å². The molecule has 1 N–H and O–H groups in total. The molecule has 0 radical (unpaired) electrons. The van der Waals surface area contributed by atoms with Gasteiger partial charge < -0.3 is 9.67 Å². The molecule has 1 spiro atoms. The van der Waals surface area contributed by atoms with Crippen molar-refractivity contribution < 1.29 is 5.11 Å². The third kappa shape index (κ3) is 1.14. The van der Waals surface area contributed by atoms with Crippen LogP contribution in [-0.4, -0.2) is 20.8 Å². The first-order valence-electron chi connectivity index (χ1n) is 7.59. The third-order valence-corrected chi connectivity index (χ3v) is 5.95. The summed E-state index contributed by atoms with van der Waals surface area (Å²) in [6.45, 7) is 0. The zero-order chi connectivity index (χ0) is 13.3. The molecule has 3 atom stereocenters. The van der Waals surface area contributed by atoms with Gasteiger partial charge in [0.1, 0.15) is 0 Å². The number of aliphatic hydroxyl groups excluding tert-OH is 1. The van der Waals surface area contributed by atoms with E-state index in [2.05, 4.69) is 33.8 Å². The molecule has 3 nitrogen and oxygen atoms in total. The van der Waals surface area contributed by atoms with Gasteiger partial charge >= 0.3 is 0 Å². The van der Waals surface area contributed by atoms with Crippen molar-refractivity contribution >= 4 is 0 Å². The molecule has 0 bridgehead atoms. The van der Waals surface area contributed by atoms with Crippen LogP contribution in [0.4, 0.5) is 0 Å². The first-order valence-corrected chi connectivity index (χ1v) is 7.59. The first-order chi connectivity index (χ1) is 9.80. The molecule has 2 aromatic rings. The quantitative estimate of drug-likeness (QED) is 0.861. The lowest BCUT2D eigenvalue weighted by molar-refractivity contribution is -0.165. The molecule has 2 aliphatic carbocycles. The van der Waals surface area contributed by atoms with E-state index in [0.29, 0.717) is 11.3 Å². The van der Waals surface area contributed by atoms with Gasteiger partial charge in [-0.15, -0.1) is 0 Å². The maximum atomic E-state index is 10.4. The lowest BCUT2D eigenvalue weighted by Crippen LogP contribution is -2.58. The Kier molecular flexibility index (Phi) is 1.96. The van der Waals surface area contributed by atoms with E-state index in [4.69, 9.17) is 0 Å². The topological polar surface area (TPSA) is 38.1 Å². The van der Waals surface area contributed by atoms with Crippen LogP contribution in [-0.2, 0) is 0 Å². The highest BCUT2D eigenvalue weighted by Gasteiger charge is 2.60. The van der Waals surface area contributed by atoms with Gasteiger partial charge in [0.05, 0.1) is 30.4 Å². The average molecular weight is 266 g/mol. The van der Waals surface area contributed by atoms with Gasteiger partial charge in [0, 0.05) is 11.5 Å². The summed E-state index contributed by atoms with van der Waals surface area (Å²) >= 11 is 0. The van der Waals surface area contributed by atoms with E-state index < -0.39 is 0 Å². The molecule has 5 rings (SSSR count). The van der Waals surface area contributed by atoms with Crippen molar-refractivity contribution in [1.29, 1.82) is 0 Å². The molecule has 3 aliphatic rings. The highest BCUT2D eigenvalue weighted by atomic mass is 16.3. The van der Waals surface area contributed by atoms with Crippen molar-refractivity contribution in [2.75, 3.05) is 0 Å². The molecule has 1 aliphatic heterocycles. The second kappa shape index (κ2) is 3.53. The van der Waals surface area contributed by atoms with Crippen LogP contribution >= 0.6 is 0 Å². The van der Waals surface area contributed by atoms with Crippen LogP contribution in [0.15, 0.2) is 36.8 Å². The molecule has 0 amide bonds. The molecule has 1 aromatic heterocycles. The fourth-order valence-electron chi connectivity index (χ4n) is 4.88. The molecule has 2 heterocycles. The highest BCUT2D eigenvalue weighted by Crippen LogP contribution is 2.65. The molecule has 2 saturated carbocycles. The van der Waals surface area contributed by atoms with Gasteiger partial charge in [0.15, 0.2) is 0 Å². The van der Waals surface area contributed by atoms with Crippen molar-refractivity contribution in [3.8, 4) is 11.3 Å². The monoisotopic (exact) mass is 266 g/mol. The predicted octanol–water partition coefficient (Wildman–Crippen LogP) is 3.00. The van der Waals surface area contributed by atoms with E-state index in [1.807, 2.05) is 12.5 Å². The minimum Gasteiger partial charge on any atom is -0.393 e. The van der Waals surface area contributed by atoms with E-state index in [-0.39, 0.29) is 12.1 Å². The minimum absolute atomic E-state index is 0.151. The van der Waals surface area contributed by atoms with Crippen LogP contribution in [0.1, 0.15) is 37.3 Å². The Balaban J connectivity index is 1.68. The fourth-order valence-corrected chi connectivity index (χ4v) is 4.88. The Morgan fingerprint density at radius 2 is 2.10 bits per heavy atom. The van der Waals surface area contributed by atoms with Crippen LogP contribution in [0.5, 0.6) is 0 Å². The van der Waals surface area contributed by atoms with Crippen molar-refractivity contribution in [1.82, 2.24) is 9.55 Å². The second-order valence-corrected chi connectivity index (χ2v) is 6.73. The summed E-state index contributed by atoms with van der Waals surface area (Å²) in [6, 6.07) is 8.90. The summed E-state index contributed by atoms with van der Waals surface area (Å²) in [6.07, 6.45) is 8.65. The number of hydrogen-bond acceptors (Lipinski definition) is 2. The van der Waals surface area contributed by atoms with Crippen LogP contribution in [0.2, 0.25) is 0 Å². The van der Waals surface area contributed by atoms with E-state index in [1.54, 1.807) is 0 Å². The van der Waals surface area contributed by atoms with Crippen molar-refractivity contribution in [3.05, 3.63) is 42.4 Å². The van der Waals surface area contributed by atoms with Crippen LogP contribution in [0, 0.1) is 11.3 Å². The lowest BCUT2D eigenvalue weighted by Gasteiger charge is -2.61. The van der Waals surface area contributed by atoms with Crippen molar-refractivity contribution in [2.45, 2.75) is 37.8 Å². The number of aromatic nitrogens is 2. The van der Waals surface area contributed by atoms with E-state index in [0.717, 1.165) is 6.42 Å². The smallest absolute Gasteiger partial charge is 0.0956 e. The number of fused-ring (bicyclic) bond motifs is 3. The number of rotatable bonds is 1. The fraction of sp³-hybridized carbons (Fsp3) is 0.471. The number of hydrogen-bond donors (Lipinski definition) is 1. The Labute approximate surface area is 118 Å². The van der Waals surface area contributed by atoms with Gasteiger partial charge in [-0.3, -0.25) is 0 Å². The van der Waals surface area contributed by atoms with Crippen LogP contribution in [0.3, 0.4) is 0 Å². The summed E-state index contributed by atoms with van der Waals surface area (Å²) in [5.41, 5.74) is 4.28. The van der Waals surface area contributed by atoms with Crippen molar-refractivity contribution in [2.24, 2.45) is 11.3 Å². The van der Waals surface area contributed by atoms with Gasteiger partial charge in [-0.1, -0.05) is 30.7 Å². The normalized spacial score (nSPS) is 32.4. The van der Waals surface area contributed by atoms with Gasteiger partial charge in [-0.05, 0) is 30.2 Å². The molecule has 102 valence electrons.